The van der Waals surface area contributed by atoms with E-state index in [1.807, 2.05) is 50.2 Å². The van der Waals surface area contributed by atoms with Crippen LogP contribution < -0.4 is 10.7 Å². The molecule has 10 heteroatoms. The normalized spacial score (nSPS) is 12.9. The van der Waals surface area contributed by atoms with Gasteiger partial charge in [-0.1, -0.05) is 18.2 Å². The Hall–Kier alpha value is -4.31. The van der Waals surface area contributed by atoms with E-state index in [4.69, 9.17) is 0 Å². The molecule has 9 nitrogen and oxygen atoms in total. The van der Waals surface area contributed by atoms with E-state index in [0.29, 0.717) is 5.82 Å². The van der Waals surface area contributed by atoms with Crippen LogP contribution in [0.25, 0.3) is 5.00 Å². The van der Waals surface area contributed by atoms with Crippen LogP contribution in [0.4, 0.5) is 17.2 Å². The number of rotatable bonds is 7. The molecular formula is C27H26N6O3S. The Kier molecular flexibility index (Phi) is 6.82. The Morgan fingerprint density at radius 1 is 1.16 bits per heavy atom. The molecule has 3 heterocycles. The highest BCUT2D eigenvalue weighted by Crippen LogP contribution is 2.39. The predicted molar refractivity (Wildman–Crippen MR) is 146 cm³/mol. The van der Waals surface area contributed by atoms with Crippen molar-refractivity contribution < 1.29 is 9.72 Å². The molecule has 1 amide bonds. The number of hydrogen-bond donors (Lipinski definition) is 2. The van der Waals surface area contributed by atoms with Gasteiger partial charge in [0.25, 0.3) is 11.6 Å². The first-order valence-corrected chi connectivity index (χ1v) is 12.8. The SMILES string of the molecule is Cc1cc(/C=N/Nc2ccc([N+](=O)[O-])cn2)c(C)n1-c1sc2c(c1C(=O)Nc1ccccc1)CCCC2. The van der Waals surface area contributed by atoms with E-state index >= 15 is 0 Å². The van der Waals surface area contributed by atoms with E-state index in [1.165, 1.54) is 23.2 Å². The number of carbonyl (C=O) groups excluding carboxylic acids is 1. The fourth-order valence-corrected chi connectivity index (χ4v) is 6.11. The number of hydrazone groups is 1. The van der Waals surface area contributed by atoms with Gasteiger partial charge in [0, 0.05) is 33.6 Å². The summed E-state index contributed by atoms with van der Waals surface area (Å²) in [5.74, 6) is 0.315. The van der Waals surface area contributed by atoms with Gasteiger partial charge in [0.2, 0.25) is 0 Å². The number of fused-ring (bicyclic) bond motifs is 1. The monoisotopic (exact) mass is 514 g/mol. The van der Waals surface area contributed by atoms with Crippen LogP contribution in [0.1, 0.15) is 50.6 Å². The number of benzene rings is 1. The van der Waals surface area contributed by atoms with Gasteiger partial charge in [0.15, 0.2) is 0 Å². The van der Waals surface area contributed by atoms with Crippen LogP contribution in [0.3, 0.4) is 0 Å². The minimum atomic E-state index is -0.494. The molecule has 0 saturated heterocycles. The molecule has 0 unspecified atom stereocenters. The highest BCUT2D eigenvalue weighted by Gasteiger charge is 2.28. The van der Waals surface area contributed by atoms with Gasteiger partial charge >= 0.3 is 0 Å². The molecule has 2 N–H and O–H groups in total. The number of hydrogen-bond acceptors (Lipinski definition) is 7. The summed E-state index contributed by atoms with van der Waals surface area (Å²) >= 11 is 1.70. The van der Waals surface area contributed by atoms with Crippen LogP contribution in [0, 0.1) is 24.0 Å². The fourth-order valence-electron chi connectivity index (χ4n) is 4.62. The summed E-state index contributed by atoms with van der Waals surface area (Å²) in [6.07, 6.45) is 6.99. The summed E-state index contributed by atoms with van der Waals surface area (Å²) in [4.78, 5) is 29.2. The lowest BCUT2D eigenvalue weighted by atomic mass is 9.95. The zero-order valence-corrected chi connectivity index (χ0v) is 21.3. The van der Waals surface area contributed by atoms with Crippen LogP contribution in [0.5, 0.6) is 0 Å². The molecule has 0 spiro atoms. The lowest BCUT2D eigenvalue weighted by Crippen LogP contribution is -2.17. The zero-order valence-electron chi connectivity index (χ0n) is 20.5. The summed E-state index contributed by atoms with van der Waals surface area (Å²) in [6, 6.07) is 14.4. The number of carbonyl (C=O) groups is 1. The van der Waals surface area contributed by atoms with E-state index in [9.17, 15) is 14.9 Å². The van der Waals surface area contributed by atoms with Gasteiger partial charge in [0.1, 0.15) is 17.0 Å². The predicted octanol–water partition coefficient (Wildman–Crippen LogP) is 6.04. The molecule has 1 aliphatic carbocycles. The number of thiophene rings is 1. The Labute approximate surface area is 218 Å². The van der Waals surface area contributed by atoms with Crippen LogP contribution in [-0.4, -0.2) is 26.6 Å². The summed E-state index contributed by atoms with van der Waals surface area (Å²) in [7, 11) is 0. The topological polar surface area (TPSA) is 114 Å². The summed E-state index contributed by atoms with van der Waals surface area (Å²) in [5.41, 5.74) is 8.28. The lowest BCUT2D eigenvalue weighted by molar-refractivity contribution is -0.385. The molecule has 5 rings (SSSR count). The molecule has 37 heavy (non-hydrogen) atoms. The van der Waals surface area contributed by atoms with E-state index < -0.39 is 4.92 Å². The first-order chi connectivity index (χ1) is 17.9. The Balaban J connectivity index is 1.45. The highest BCUT2D eigenvalue weighted by atomic mass is 32.1. The standard InChI is InChI=1S/C27H26N6O3S/c1-17-14-19(15-29-31-24-13-12-21(16-28-24)33(35)36)18(2)32(17)27-25(22-10-6-7-11-23(22)37-27)26(34)30-20-8-4-3-5-9-20/h3-5,8-9,12-16H,6-7,10-11H2,1-2H3,(H,28,31)(H,30,34)/b29-15+. The molecule has 1 aliphatic rings. The van der Waals surface area contributed by atoms with Gasteiger partial charge in [-0.05, 0) is 69.4 Å². The number of nitrogens with zero attached hydrogens (tertiary/aromatic N) is 4. The first kappa shape index (κ1) is 24.4. The van der Waals surface area contributed by atoms with Crippen molar-refractivity contribution in [1.29, 1.82) is 0 Å². The average molecular weight is 515 g/mol. The number of aryl methyl sites for hydroxylation is 2. The van der Waals surface area contributed by atoms with Gasteiger partial charge < -0.3 is 9.88 Å². The second kappa shape index (κ2) is 10.4. The number of nitrogens with one attached hydrogen (secondary N) is 2. The zero-order chi connectivity index (χ0) is 25.9. The van der Waals surface area contributed by atoms with Crippen molar-refractivity contribution in [2.24, 2.45) is 5.10 Å². The molecule has 1 aromatic carbocycles. The molecular weight excluding hydrogens is 488 g/mol. The number of aromatic nitrogens is 2. The fraction of sp³-hybridized carbons (Fsp3) is 0.222. The number of para-hydroxylation sites is 1. The first-order valence-electron chi connectivity index (χ1n) is 12.0. The van der Waals surface area contributed by atoms with Crippen LogP contribution in [0.15, 0.2) is 59.8 Å². The molecule has 0 radical (unpaired) electrons. The summed E-state index contributed by atoms with van der Waals surface area (Å²) in [6.45, 7) is 4.03. The van der Waals surface area contributed by atoms with E-state index in [2.05, 4.69) is 25.4 Å². The molecule has 4 aromatic rings. The molecule has 0 aliphatic heterocycles. The van der Waals surface area contributed by atoms with Crippen LogP contribution >= 0.6 is 11.3 Å². The summed E-state index contributed by atoms with van der Waals surface area (Å²) in [5, 5.41) is 19.1. The number of amides is 1. The van der Waals surface area contributed by atoms with Crippen molar-refractivity contribution in [2.45, 2.75) is 39.5 Å². The lowest BCUT2D eigenvalue weighted by Gasteiger charge is -2.14. The van der Waals surface area contributed by atoms with Gasteiger partial charge in [-0.25, -0.2) is 4.98 Å². The molecule has 3 aromatic heterocycles. The van der Waals surface area contributed by atoms with Gasteiger partial charge in [-0.15, -0.1) is 11.3 Å². The molecule has 188 valence electrons. The van der Waals surface area contributed by atoms with Crippen LogP contribution in [0.2, 0.25) is 0 Å². The summed E-state index contributed by atoms with van der Waals surface area (Å²) < 4.78 is 2.13. The van der Waals surface area contributed by atoms with Gasteiger partial charge in [-0.2, -0.15) is 5.10 Å². The van der Waals surface area contributed by atoms with Crippen molar-refractivity contribution in [3.63, 3.8) is 0 Å². The highest BCUT2D eigenvalue weighted by molar-refractivity contribution is 7.15. The Bertz CT molecular complexity index is 1490. The van der Waals surface area contributed by atoms with Gasteiger partial charge in [-0.3, -0.25) is 20.3 Å². The molecule has 0 atom stereocenters. The number of anilines is 2. The minimum absolute atomic E-state index is 0.0798. The van der Waals surface area contributed by atoms with Crippen molar-refractivity contribution in [2.75, 3.05) is 10.7 Å². The van der Waals surface area contributed by atoms with Crippen molar-refractivity contribution in [1.82, 2.24) is 9.55 Å². The third-order valence-electron chi connectivity index (χ3n) is 6.43. The smallest absolute Gasteiger partial charge is 0.287 e. The Morgan fingerprint density at radius 2 is 1.95 bits per heavy atom. The van der Waals surface area contributed by atoms with Crippen molar-refractivity contribution in [3.8, 4) is 5.00 Å². The second-order valence-corrected chi connectivity index (χ2v) is 9.99. The maximum Gasteiger partial charge on any atom is 0.287 e. The number of nitro groups is 1. The van der Waals surface area contributed by atoms with E-state index in [0.717, 1.165) is 64.4 Å². The van der Waals surface area contributed by atoms with E-state index in [1.54, 1.807) is 17.6 Å². The third-order valence-corrected chi connectivity index (χ3v) is 7.70. The second-order valence-electron chi connectivity index (χ2n) is 8.90. The maximum atomic E-state index is 13.6. The van der Waals surface area contributed by atoms with Crippen molar-refractivity contribution in [3.05, 3.63) is 97.8 Å². The number of pyridine rings is 1. The van der Waals surface area contributed by atoms with Gasteiger partial charge in [0.05, 0.1) is 16.7 Å². The quantitative estimate of drug-likeness (QED) is 0.177. The molecule has 0 fully saturated rings. The van der Waals surface area contributed by atoms with E-state index in [-0.39, 0.29) is 11.6 Å². The largest absolute Gasteiger partial charge is 0.322 e. The molecule has 0 bridgehead atoms. The third kappa shape index (κ3) is 5.01. The maximum absolute atomic E-state index is 13.6. The van der Waals surface area contributed by atoms with Crippen molar-refractivity contribution >= 4 is 40.7 Å². The molecule has 0 saturated carbocycles. The Morgan fingerprint density at radius 3 is 2.68 bits per heavy atom. The van der Waals surface area contributed by atoms with Crippen LogP contribution in [-0.2, 0) is 12.8 Å². The average Bonchev–Trinajstić information content (AvgIpc) is 3.41. The minimum Gasteiger partial charge on any atom is -0.322 e.